The fraction of sp³-hybridized carbons (Fsp3) is 0.615. The van der Waals surface area contributed by atoms with Crippen LogP contribution in [-0.2, 0) is 11.8 Å². The minimum Gasteiger partial charge on any atom is -0.480 e. The molecule has 0 radical (unpaired) electrons. The monoisotopic (exact) mass is 265 g/mol. The smallest absolute Gasteiger partial charge is 0.329 e. The summed E-state index contributed by atoms with van der Waals surface area (Å²) in [5.41, 5.74) is 0.741. The summed E-state index contributed by atoms with van der Waals surface area (Å²) in [7, 11) is 1.77. The largest absolute Gasteiger partial charge is 0.480 e. The third-order valence-corrected chi connectivity index (χ3v) is 3.96. The van der Waals surface area contributed by atoms with E-state index in [0.717, 1.165) is 18.5 Å². The van der Waals surface area contributed by atoms with Crippen molar-refractivity contribution < 1.29 is 14.7 Å². The molecule has 1 fully saturated rings. The van der Waals surface area contributed by atoms with E-state index in [1.54, 1.807) is 25.6 Å². The van der Waals surface area contributed by atoms with Gasteiger partial charge in [-0.15, -0.1) is 0 Å². The SMILES string of the molecule is Cc1nn(C)c(C)c1C(=O)NC1(C(=O)O)CCCC1. The fourth-order valence-corrected chi connectivity index (χ4v) is 2.75. The average Bonchev–Trinajstić information content (AvgIpc) is 2.86. The Bertz CT molecular complexity index is 527. The van der Waals surface area contributed by atoms with Gasteiger partial charge >= 0.3 is 5.97 Å². The van der Waals surface area contributed by atoms with Crippen molar-refractivity contribution in [1.82, 2.24) is 15.1 Å². The summed E-state index contributed by atoms with van der Waals surface area (Å²) in [6.45, 7) is 3.56. The highest BCUT2D eigenvalue weighted by Gasteiger charge is 2.43. The second kappa shape index (κ2) is 4.68. The zero-order valence-electron chi connectivity index (χ0n) is 11.5. The van der Waals surface area contributed by atoms with Gasteiger partial charge in [0.15, 0.2) is 0 Å². The first kappa shape index (κ1) is 13.6. The number of carboxylic acid groups (broad SMARTS) is 1. The lowest BCUT2D eigenvalue weighted by atomic mass is 9.97. The molecular formula is C13H19N3O3. The third kappa shape index (κ3) is 2.22. The quantitative estimate of drug-likeness (QED) is 0.859. The van der Waals surface area contributed by atoms with Crippen LogP contribution >= 0.6 is 0 Å². The molecule has 0 saturated heterocycles. The van der Waals surface area contributed by atoms with E-state index in [2.05, 4.69) is 10.4 Å². The Morgan fingerprint density at radius 1 is 1.32 bits per heavy atom. The number of nitrogens with one attached hydrogen (secondary N) is 1. The minimum atomic E-state index is -1.11. The number of carbonyl (C=O) groups excluding carboxylic acids is 1. The maximum absolute atomic E-state index is 12.3. The summed E-state index contributed by atoms with van der Waals surface area (Å²) >= 11 is 0. The summed E-state index contributed by atoms with van der Waals surface area (Å²) in [6.07, 6.45) is 2.65. The molecule has 0 aromatic carbocycles. The van der Waals surface area contributed by atoms with Crippen LogP contribution in [0.15, 0.2) is 0 Å². The minimum absolute atomic E-state index is 0.340. The van der Waals surface area contributed by atoms with Crippen LogP contribution in [0.25, 0.3) is 0 Å². The number of aliphatic carboxylic acids is 1. The van der Waals surface area contributed by atoms with Gasteiger partial charge < -0.3 is 10.4 Å². The van der Waals surface area contributed by atoms with Crippen molar-refractivity contribution in [2.24, 2.45) is 7.05 Å². The number of aryl methyl sites for hydroxylation is 2. The summed E-state index contributed by atoms with van der Waals surface area (Å²) in [5.74, 6) is -1.29. The molecule has 1 aliphatic carbocycles. The first-order chi connectivity index (χ1) is 8.87. The summed E-state index contributed by atoms with van der Waals surface area (Å²) < 4.78 is 1.63. The van der Waals surface area contributed by atoms with Gasteiger partial charge in [-0.1, -0.05) is 12.8 Å². The van der Waals surface area contributed by atoms with Gasteiger partial charge in [0.2, 0.25) is 0 Å². The lowest BCUT2D eigenvalue weighted by Crippen LogP contribution is -2.52. The molecule has 6 heteroatoms. The number of carbonyl (C=O) groups is 2. The molecule has 19 heavy (non-hydrogen) atoms. The zero-order valence-corrected chi connectivity index (χ0v) is 11.5. The van der Waals surface area contributed by atoms with Gasteiger partial charge in [0.05, 0.1) is 11.3 Å². The molecule has 6 nitrogen and oxygen atoms in total. The maximum atomic E-state index is 12.3. The number of nitrogens with zero attached hydrogens (tertiary/aromatic N) is 2. The van der Waals surface area contributed by atoms with Crippen molar-refractivity contribution in [3.05, 3.63) is 17.0 Å². The van der Waals surface area contributed by atoms with Crippen molar-refractivity contribution in [2.45, 2.75) is 45.1 Å². The van der Waals surface area contributed by atoms with Crippen LogP contribution in [0, 0.1) is 13.8 Å². The van der Waals surface area contributed by atoms with E-state index < -0.39 is 11.5 Å². The van der Waals surface area contributed by atoms with E-state index in [1.807, 2.05) is 0 Å². The predicted molar refractivity (Wildman–Crippen MR) is 69.0 cm³/mol. The molecule has 0 aliphatic heterocycles. The Morgan fingerprint density at radius 2 is 1.89 bits per heavy atom. The molecule has 0 unspecified atom stereocenters. The van der Waals surface area contributed by atoms with Crippen LogP contribution in [0.4, 0.5) is 0 Å². The number of rotatable bonds is 3. The summed E-state index contributed by atoms with van der Waals surface area (Å²) in [5, 5.41) is 16.3. The Morgan fingerprint density at radius 3 is 2.32 bits per heavy atom. The molecule has 1 aromatic heterocycles. The number of carboxylic acids is 1. The molecular weight excluding hydrogens is 246 g/mol. The molecule has 2 N–H and O–H groups in total. The molecule has 0 atom stereocenters. The van der Waals surface area contributed by atoms with Crippen molar-refractivity contribution in [2.75, 3.05) is 0 Å². The Hall–Kier alpha value is -1.85. The van der Waals surface area contributed by atoms with Crippen LogP contribution in [0.1, 0.15) is 47.4 Å². The second-order valence-corrected chi connectivity index (χ2v) is 5.22. The molecule has 2 rings (SSSR count). The summed E-state index contributed by atoms with van der Waals surface area (Å²) in [4.78, 5) is 23.8. The van der Waals surface area contributed by atoms with Crippen LogP contribution in [-0.4, -0.2) is 32.3 Å². The highest BCUT2D eigenvalue weighted by atomic mass is 16.4. The molecule has 1 aliphatic rings. The van der Waals surface area contributed by atoms with E-state index in [4.69, 9.17) is 0 Å². The van der Waals surface area contributed by atoms with Gasteiger partial charge in [0, 0.05) is 12.7 Å². The first-order valence-corrected chi connectivity index (χ1v) is 6.43. The van der Waals surface area contributed by atoms with E-state index in [1.165, 1.54) is 0 Å². The molecule has 1 heterocycles. The Kier molecular flexibility index (Phi) is 3.34. The van der Waals surface area contributed by atoms with Crippen molar-refractivity contribution in [3.8, 4) is 0 Å². The van der Waals surface area contributed by atoms with Crippen molar-refractivity contribution in [3.63, 3.8) is 0 Å². The normalized spacial score (nSPS) is 17.4. The highest BCUT2D eigenvalue weighted by Crippen LogP contribution is 2.30. The second-order valence-electron chi connectivity index (χ2n) is 5.22. The van der Waals surface area contributed by atoms with Crippen LogP contribution in [0.3, 0.4) is 0 Å². The average molecular weight is 265 g/mol. The number of amides is 1. The number of hydrogen-bond acceptors (Lipinski definition) is 3. The topological polar surface area (TPSA) is 84.2 Å². The number of aromatic nitrogens is 2. The van der Waals surface area contributed by atoms with Crippen molar-refractivity contribution >= 4 is 11.9 Å². The highest BCUT2D eigenvalue weighted by molar-refractivity contribution is 5.99. The van der Waals surface area contributed by atoms with E-state index in [-0.39, 0.29) is 5.91 Å². The standard InChI is InChI=1S/C13H19N3O3/c1-8-10(9(2)16(3)15-8)11(17)14-13(12(18)19)6-4-5-7-13/h4-7H2,1-3H3,(H,14,17)(H,18,19). The third-order valence-electron chi connectivity index (χ3n) is 3.96. The van der Waals surface area contributed by atoms with Crippen LogP contribution in [0.2, 0.25) is 0 Å². The van der Waals surface area contributed by atoms with Gasteiger partial charge in [-0.05, 0) is 26.7 Å². The van der Waals surface area contributed by atoms with Crippen molar-refractivity contribution in [1.29, 1.82) is 0 Å². The van der Waals surface area contributed by atoms with Gasteiger partial charge in [-0.25, -0.2) is 4.79 Å². The molecule has 0 bridgehead atoms. The lowest BCUT2D eigenvalue weighted by molar-refractivity contribution is -0.144. The first-order valence-electron chi connectivity index (χ1n) is 6.43. The molecule has 0 spiro atoms. The Labute approximate surface area is 111 Å². The zero-order chi connectivity index (χ0) is 14.2. The fourth-order valence-electron chi connectivity index (χ4n) is 2.75. The van der Waals surface area contributed by atoms with E-state index in [0.29, 0.717) is 24.1 Å². The van der Waals surface area contributed by atoms with Crippen LogP contribution in [0.5, 0.6) is 0 Å². The molecule has 1 saturated carbocycles. The summed E-state index contributed by atoms with van der Waals surface area (Å²) in [6, 6.07) is 0. The molecule has 1 aromatic rings. The van der Waals surface area contributed by atoms with Gasteiger partial charge in [0.25, 0.3) is 5.91 Å². The van der Waals surface area contributed by atoms with Crippen LogP contribution < -0.4 is 5.32 Å². The van der Waals surface area contributed by atoms with Gasteiger partial charge in [-0.3, -0.25) is 9.48 Å². The lowest BCUT2D eigenvalue weighted by Gasteiger charge is -2.25. The maximum Gasteiger partial charge on any atom is 0.329 e. The van der Waals surface area contributed by atoms with E-state index >= 15 is 0 Å². The predicted octanol–water partition coefficient (Wildman–Crippen LogP) is 1.16. The van der Waals surface area contributed by atoms with Gasteiger partial charge in [-0.2, -0.15) is 5.10 Å². The molecule has 1 amide bonds. The number of hydrogen-bond donors (Lipinski definition) is 2. The molecule has 104 valence electrons. The van der Waals surface area contributed by atoms with Gasteiger partial charge in [0.1, 0.15) is 5.54 Å². The Balaban J connectivity index is 2.28. The van der Waals surface area contributed by atoms with E-state index in [9.17, 15) is 14.7 Å².